The van der Waals surface area contributed by atoms with Gasteiger partial charge >= 0.3 is 0 Å². The third-order valence-electron chi connectivity index (χ3n) is 4.54. The number of ether oxygens (including phenoxy) is 1. The minimum atomic E-state index is -0.886. The van der Waals surface area contributed by atoms with Gasteiger partial charge in [0, 0.05) is 22.9 Å². The van der Waals surface area contributed by atoms with E-state index in [4.69, 9.17) is 10.5 Å². The zero-order valence-electron chi connectivity index (χ0n) is 15.2. The summed E-state index contributed by atoms with van der Waals surface area (Å²) in [5.41, 5.74) is 5.90. The number of carbonyl (C=O) groups is 1. The molecule has 0 bridgehead atoms. The van der Waals surface area contributed by atoms with E-state index in [9.17, 15) is 18.0 Å². The monoisotopic (exact) mass is 400 g/mol. The molecule has 1 amide bonds. The van der Waals surface area contributed by atoms with Gasteiger partial charge in [-0.2, -0.15) is 0 Å². The summed E-state index contributed by atoms with van der Waals surface area (Å²) in [5.74, 6) is -2.94. The molecule has 2 N–H and O–H groups in total. The van der Waals surface area contributed by atoms with Gasteiger partial charge in [0.15, 0.2) is 0 Å². The van der Waals surface area contributed by atoms with E-state index >= 15 is 0 Å². The molecule has 4 rings (SSSR count). The van der Waals surface area contributed by atoms with Crippen LogP contribution >= 0.6 is 0 Å². The van der Waals surface area contributed by atoms with Crippen molar-refractivity contribution in [2.24, 2.45) is 0 Å². The van der Waals surface area contributed by atoms with Crippen LogP contribution in [0.4, 0.5) is 24.7 Å². The Morgan fingerprint density at radius 2 is 1.76 bits per heavy atom. The summed E-state index contributed by atoms with van der Waals surface area (Å²) in [5, 5.41) is 0. The summed E-state index contributed by atoms with van der Waals surface area (Å²) >= 11 is 0. The molecule has 148 valence electrons. The lowest BCUT2D eigenvalue weighted by Gasteiger charge is -2.23. The highest BCUT2D eigenvalue weighted by molar-refractivity contribution is 6.10. The second-order valence-corrected chi connectivity index (χ2v) is 6.57. The smallest absolute Gasteiger partial charge is 0.267 e. The first-order valence-electron chi connectivity index (χ1n) is 8.69. The summed E-state index contributed by atoms with van der Waals surface area (Å²) in [7, 11) is 0. The number of aromatic nitrogens is 2. The van der Waals surface area contributed by atoms with Crippen molar-refractivity contribution in [3.63, 3.8) is 0 Å². The van der Waals surface area contributed by atoms with Crippen LogP contribution in [0.2, 0.25) is 0 Å². The molecule has 0 saturated carbocycles. The molecule has 2 aromatic carbocycles. The third-order valence-corrected chi connectivity index (χ3v) is 4.54. The molecular formula is C20H15F3N4O2. The average Bonchev–Trinajstić information content (AvgIpc) is 2.79. The van der Waals surface area contributed by atoms with Gasteiger partial charge < -0.3 is 15.4 Å². The van der Waals surface area contributed by atoms with E-state index in [0.717, 1.165) is 18.2 Å². The van der Waals surface area contributed by atoms with Crippen LogP contribution in [0.1, 0.15) is 17.3 Å². The van der Waals surface area contributed by atoms with Crippen molar-refractivity contribution in [1.82, 2.24) is 9.97 Å². The number of nitrogens with zero attached hydrogens (tertiary/aromatic N) is 3. The fourth-order valence-electron chi connectivity index (χ4n) is 3.20. The van der Waals surface area contributed by atoms with Crippen LogP contribution in [-0.2, 0) is 0 Å². The topological polar surface area (TPSA) is 81.3 Å². The van der Waals surface area contributed by atoms with E-state index < -0.39 is 29.5 Å². The van der Waals surface area contributed by atoms with Crippen LogP contribution in [0.25, 0.3) is 11.1 Å². The number of nitrogen functional groups attached to an aromatic ring is 1. The molecular weight excluding hydrogens is 385 g/mol. The van der Waals surface area contributed by atoms with E-state index in [1.165, 1.54) is 23.4 Å². The fraction of sp³-hybridized carbons (Fsp3) is 0.150. The van der Waals surface area contributed by atoms with Crippen molar-refractivity contribution in [1.29, 1.82) is 0 Å². The lowest BCUT2D eigenvalue weighted by Crippen LogP contribution is -2.36. The maximum Gasteiger partial charge on any atom is 0.267 e. The van der Waals surface area contributed by atoms with Crippen molar-refractivity contribution < 1.29 is 22.7 Å². The lowest BCUT2D eigenvalue weighted by atomic mass is 10.0. The van der Waals surface area contributed by atoms with Crippen LogP contribution in [-0.4, -0.2) is 28.5 Å². The van der Waals surface area contributed by atoms with Gasteiger partial charge in [-0.05, 0) is 37.3 Å². The SMILES string of the molecule is C[C@@H]1CN(c2ccc(-c3ccc(F)cc3F)c(F)c2)C(=O)c2c(N)ncnc2O1. The van der Waals surface area contributed by atoms with Gasteiger partial charge in [0.05, 0.1) is 6.54 Å². The summed E-state index contributed by atoms with van der Waals surface area (Å²) in [6, 6.07) is 6.79. The van der Waals surface area contributed by atoms with Crippen molar-refractivity contribution in [3.8, 4) is 17.0 Å². The Labute approximate surface area is 163 Å². The molecule has 1 aliphatic heterocycles. The predicted molar refractivity (Wildman–Crippen MR) is 100.0 cm³/mol. The number of benzene rings is 2. The molecule has 0 radical (unpaired) electrons. The normalized spacial score (nSPS) is 16.2. The molecule has 0 aliphatic carbocycles. The number of hydrogen-bond donors (Lipinski definition) is 1. The molecule has 29 heavy (non-hydrogen) atoms. The zero-order chi connectivity index (χ0) is 20.7. The number of halogens is 3. The van der Waals surface area contributed by atoms with Crippen LogP contribution in [0.3, 0.4) is 0 Å². The minimum Gasteiger partial charge on any atom is -0.472 e. The molecule has 3 aromatic rings. The molecule has 2 heterocycles. The average molecular weight is 400 g/mol. The van der Waals surface area contributed by atoms with Gasteiger partial charge in [-0.15, -0.1) is 0 Å². The quantitative estimate of drug-likeness (QED) is 0.711. The van der Waals surface area contributed by atoms with Gasteiger partial charge in [0.1, 0.15) is 41.3 Å². The minimum absolute atomic E-state index is 0.00841. The Balaban J connectivity index is 1.76. The largest absolute Gasteiger partial charge is 0.472 e. The Hall–Kier alpha value is -3.62. The van der Waals surface area contributed by atoms with E-state index in [1.807, 2.05) is 0 Å². The standard InChI is InChI=1S/C20H15F3N4O2/c1-10-8-27(20(28)17-18(24)25-9-26-19(17)29-10)12-3-5-14(16(23)7-12)13-4-2-11(21)6-15(13)22/h2-7,9-10H,8H2,1H3,(H2,24,25,26)/t10-/m1/s1. The van der Waals surface area contributed by atoms with Crippen LogP contribution in [0.5, 0.6) is 5.88 Å². The first-order chi connectivity index (χ1) is 13.8. The Kier molecular flexibility index (Phi) is 4.57. The number of carbonyl (C=O) groups excluding carboxylic acids is 1. The van der Waals surface area contributed by atoms with E-state index in [2.05, 4.69) is 9.97 Å². The lowest BCUT2D eigenvalue weighted by molar-refractivity contribution is 0.0988. The van der Waals surface area contributed by atoms with E-state index in [0.29, 0.717) is 6.07 Å². The second kappa shape index (κ2) is 7.08. The molecule has 1 aliphatic rings. The van der Waals surface area contributed by atoms with Crippen molar-refractivity contribution in [2.45, 2.75) is 13.0 Å². The number of nitrogens with two attached hydrogens (primary N) is 1. The number of amides is 1. The molecule has 6 nitrogen and oxygen atoms in total. The van der Waals surface area contributed by atoms with Gasteiger partial charge in [0.25, 0.3) is 5.91 Å². The number of rotatable bonds is 2. The number of anilines is 2. The highest BCUT2D eigenvalue weighted by Gasteiger charge is 2.32. The molecule has 0 spiro atoms. The van der Waals surface area contributed by atoms with Crippen molar-refractivity contribution in [2.75, 3.05) is 17.2 Å². The summed E-state index contributed by atoms with van der Waals surface area (Å²) in [6.07, 6.45) is 0.738. The third kappa shape index (κ3) is 3.35. The predicted octanol–water partition coefficient (Wildman–Crippen LogP) is 3.57. The van der Waals surface area contributed by atoms with E-state index in [1.54, 1.807) is 6.92 Å². The van der Waals surface area contributed by atoms with Crippen molar-refractivity contribution in [3.05, 3.63) is 65.7 Å². The molecule has 0 fully saturated rings. The second-order valence-electron chi connectivity index (χ2n) is 6.57. The van der Waals surface area contributed by atoms with Crippen molar-refractivity contribution >= 4 is 17.4 Å². The van der Waals surface area contributed by atoms with Crippen LogP contribution < -0.4 is 15.4 Å². The molecule has 0 saturated heterocycles. The van der Waals surface area contributed by atoms with Gasteiger partial charge in [0.2, 0.25) is 5.88 Å². The van der Waals surface area contributed by atoms with Crippen LogP contribution in [0.15, 0.2) is 42.7 Å². The zero-order valence-corrected chi connectivity index (χ0v) is 15.2. The molecule has 9 heteroatoms. The summed E-state index contributed by atoms with van der Waals surface area (Å²) in [4.78, 5) is 22.1. The first kappa shape index (κ1) is 18.7. The van der Waals surface area contributed by atoms with Gasteiger partial charge in [-0.3, -0.25) is 4.79 Å². The summed E-state index contributed by atoms with van der Waals surface area (Å²) in [6.45, 7) is 1.84. The van der Waals surface area contributed by atoms with E-state index in [-0.39, 0.29) is 40.6 Å². The van der Waals surface area contributed by atoms with Gasteiger partial charge in [-0.25, -0.2) is 23.1 Å². The maximum atomic E-state index is 14.8. The molecule has 1 atom stereocenters. The Bertz CT molecular complexity index is 1120. The first-order valence-corrected chi connectivity index (χ1v) is 8.69. The molecule has 0 unspecified atom stereocenters. The highest BCUT2D eigenvalue weighted by atomic mass is 19.1. The van der Waals surface area contributed by atoms with Crippen LogP contribution in [0, 0.1) is 17.5 Å². The maximum absolute atomic E-state index is 14.8. The van der Waals surface area contributed by atoms with Gasteiger partial charge in [-0.1, -0.05) is 0 Å². The number of hydrogen-bond acceptors (Lipinski definition) is 5. The fourth-order valence-corrected chi connectivity index (χ4v) is 3.20. The Morgan fingerprint density at radius 1 is 1.07 bits per heavy atom. The summed E-state index contributed by atoms with van der Waals surface area (Å²) < 4.78 is 47.6. The Morgan fingerprint density at radius 3 is 2.45 bits per heavy atom. The molecule has 1 aromatic heterocycles. The highest BCUT2D eigenvalue weighted by Crippen LogP contribution is 2.32. The number of fused-ring (bicyclic) bond motifs is 1.